The van der Waals surface area contributed by atoms with E-state index in [4.69, 9.17) is 25.8 Å². The van der Waals surface area contributed by atoms with Crippen molar-refractivity contribution in [3.63, 3.8) is 0 Å². The molecule has 3 aromatic rings. The maximum absolute atomic E-state index is 12.6. The Hall–Kier alpha value is -4.04. The number of carbonyl (C=O) groups is 3. The molecule has 4 rings (SSSR count). The first-order chi connectivity index (χ1) is 16.4. The SMILES string of the molecule is COC(=O)c1cccc(CN2C(=O)COc3ccc(NC(=O)COc4ccc(Cl)cc4)cc32)c1. The van der Waals surface area contributed by atoms with Crippen molar-refractivity contribution in [2.45, 2.75) is 6.54 Å². The van der Waals surface area contributed by atoms with Crippen LogP contribution in [0.15, 0.2) is 66.7 Å². The summed E-state index contributed by atoms with van der Waals surface area (Å²) in [5.74, 6) is -0.0364. The van der Waals surface area contributed by atoms with Gasteiger partial charge in [0.25, 0.3) is 11.8 Å². The zero-order chi connectivity index (χ0) is 24.1. The standard InChI is InChI=1S/C25H21ClN2O6/c1-32-25(31)17-4-2-3-16(11-17)13-28-21-12-19(7-10-22(21)34-15-24(28)30)27-23(29)14-33-20-8-5-18(26)6-9-20/h2-12H,13-15H2,1H3,(H,27,29). The van der Waals surface area contributed by atoms with E-state index in [9.17, 15) is 14.4 Å². The van der Waals surface area contributed by atoms with E-state index in [1.54, 1.807) is 65.6 Å². The number of hydrogen-bond donors (Lipinski definition) is 1. The van der Waals surface area contributed by atoms with Gasteiger partial charge in [-0.05, 0) is 60.2 Å². The van der Waals surface area contributed by atoms with E-state index in [1.807, 2.05) is 6.07 Å². The zero-order valence-corrected chi connectivity index (χ0v) is 19.0. The van der Waals surface area contributed by atoms with Crippen LogP contribution in [0.4, 0.5) is 11.4 Å². The van der Waals surface area contributed by atoms with Crippen LogP contribution in [0.3, 0.4) is 0 Å². The fourth-order valence-corrected chi connectivity index (χ4v) is 3.55. The van der Waals surface area contributed by atoms with E-state index in [2.05, 4.69) is 5.32 Å². The average molecular weight is 481 g/mol. The molecule has 2 amide bonds. The molecule has 3 aromatic carbocycles. The Morgan fingerprint density at radius 3 is 2.65 bits per heavy atom. The Morgan fingerprint density at radius 1 is 1.09 bits per heavy atom. The van der Waals surface area contributed by atoms with Crippen molar-refractivity contribution >= 4 is 40.8 Å². The maximum atomic E-state index is 12.6. The van der Waals surface area contributed by atoms with Gasteiger partial charge in [-0.2, -0.15) is 0 Å². The average Bonchev–Trinajstić information content (AvgIpc) is 2.85. The molecule has 0 spiro atoms. The maximum Gasteiger partial charge on any atom is 0.337 e. The van der Waals surface area contributed by atoms with Gasteiger partial charge in [0.1, 0.15) is 11.5 Å². The van der Waals surface area contributed by atoms with E-state index in [-0.39, 0.29) is 31.6 Å². The summed E-state index contributed by atoms with van der Waals surface area (Å²) in [7, 11) is 1.31. The monoisotopic (exact) mass is 480 g/mol. The van der Waals surface area contributed by atoms with Crippen molar-refractivity contribution in [1.29, 1.82) is 0 Å². The van der Waals surface area contributed by atoms with E-state index in [0.717, 1.165) is 5.56 Å². The van der Waals surface area contributed by atoms with Gasteiger partial charge in [-0.15, -0.1) is 0 Å². The van der Waals surface area contributed by atoms with Crippen LogP contribution in [0.5, 0.6) is 11.5 Å². The first kappa shape index (κ1) is 23.1. The number of amides is 2. The molecule has 1 heterocycles. The number of methoxy groups -OCH3 is 1. The van der Waals surface area contributed by atoms with Gasteiger partial charge in [0, 0.05) is 10.7 Å². The van der Waals surface area contributed by atoms with Crippen LogP contribution in [0.2, 0.25) is 5.02 Å². The summed E-state index contributed by atoms with van der Waals surface area (Å²) in [5.41, 5.74) is 2.13. The minimum atomic E-state index is -0.457. The number of ether oxygens (including phenoxy) is 3. The molecule has 0 radical (unpaired) electrons. The number of anilines is 2. The smallest absolute Gasteiger partial charge is 0.337 e. The molecule has 0 aliphatic carbocycles. The highest BCUT2D eigenvalue weighted by Crippen LogP contribution is 2.35. The third kappa shape index (κ3) is 5.47. The molecular formula is C25H21ClN2O6. The fraction of sp³-hybridized carbons (Fsp3) is 0.160. The molecule has 1 aliphatic heterocycles. The summed E-state index contributed by atoms with van der Waals surface area (Å²) < 4.78 is 15.8. The normalized spacial score (nSPS) is 12.4. The molecule has 8 nitrogen and oxygen atoms in total. The van der Waals surface area contributed by atoms with Gasteiger partial charge < -0.3 is 24.4 Å². The quantitative estimate of drug-likeness (QED) is 0.512. The minimum Gasteiger partial charge on any atom is -0.484 e. The molecule has 1 aliphatic rings. The van der Waals surface area contributed by atoms with Crippen LogP contribution in [-0.2, 0) is 20.9 Å². The molecule has 0 bridgehead atoms. The summed E-state index contributed by atoms with van der Waals surface area (Å²) in [6, 6.07) is 18.6. The van der Waals surface area contributed by atoms with Gasteiger partial charge in [-0.3, -0.25) is 9.59 Å². The lowest BCUT2D eigenvalue weighted by molar-refractivity contribution is -0.121. The van der Waals surface area contributed by atoms with Crippen molar-refractivity contribution in [3.8, 4) is 11.5 Å². The third-order valence-corrected chi connectivity index (χ3v) is 5.31. The molecule has 0 aromatic heterocycles. The highest BCUT2D eigenvalue weighted by Gasteiger charge is 2.26. The highest BCUT2D eigenvalue weighted by atomic mass is 35.5. The number of fused-ring (bicyclic) bond motifs is 1. The molecule has 9 heteroatoms. The molecule has 0 saturated carbocycles. The number of rotatable bonds is 7. The Bertz CT molecular complexity index is 1230. The highest BCUT2D eigenvalue weighted by molar-refractivity contribution is 6.30. The number of carbonyl (C=O) groups excluding carboxylic acids is 3. The second-order valence-electron chi connectivity index (χ2n) is 7.43. The van der Waals surface area contributed by atoms with Crippen LogP contribution < -0.4 is 19.7 Å². The number of benzene rings is 3. The first-order valence-corrected chi connectivity index (χ1v) is 10.7. The van der Waals surface area contributed by atoms with Crippen molar-refractivity contribution in [1.82, 2.24) is 0 Å². The molecule has 0 atom stereocenters. The Kier molecular flexibility index (Phi) is 6.98. The zero-order valence-electron chi connectivity index (χ0n) is 18.2. The number of halogens is 1. The third-order valence-electron chi connectivity index (χ3n) is 5.06. The van der Waals surface area contributed by atoms with E-state index < -0.39 is 5.97 Å². The van der Waals surface area contributed by atoms with E-state index >= 15 is 0 Å². The predicted molar refractivity (Wildman–Crippen MR) is 126 cm³/mol. The Labute approximate surface area is 201 Å². The van der Waals surface area contributed by atoms with Crippen LogP contribution in [0.1, 0.15) is 15.9 Å². The molecule has 34 heavy (non-hydrogen) atoms. The van der Waals surface area contributed by atoms with Crippen molar-refractivity contribution in [2.24, 2.45) is 0 Å². The van der Waals surface area contributed by atoms with E-state index in [0.29, 0.717) is 33.5 Å². The van der Waals surface area contributed by atoms with Crippen molar-refractivity contribution < 1.29 is 28.6 Å². The second-order valence-corrected chi connectivity index (χ2v) is 7.87. The van der Waals surface area contributed by atoms with Crippen LogP contribution in [-0.4, -0.2) is 38.1 Å². The Balaban J connectivity index is 1.48. The predicted octanol–water partition coefficient (Wildman–Crippen LogP) is 4.07. The van der Waals surface area contributed by atoms with Gasteiger partial charge >= 0.3 is 5.97 Å². The number of nitrogens with one attached hydrogen (secondary N) is 1. The summed E-state index contributed by atoms with van der Waals surface area (Å²) in [4.78, 5) is 38.4. The summed E-state index contributed by atoms with van der Waals surface area (Å²) in [6.07, 6.45) is 0. The van der Waals surface area contributed by atoms with Crippen LogP contribution in [0.25, 0.3) is 0 Å². The van der Waals surface area contributed by atoms with E-state index in [1.165, 1.54) is 7.11 Å². The topological polar surface area (TPSA) is 94.2 Å². The minimum absolute atomic E-state index is 0.107. The first-order valence-electron chi connectivity index (χ1n) is 10.4. The summed E-state index contributed by atoms with van der Waals surface area (Å²) in [5, 5.41) is 3.33. The van der Waals surface area contributed by atoms with Gasteiger partial charge in [0.05, 0.1) is 24.9 Å². The van der Waals surface area contributed by atoms with Crippen molar-refractivity contribution in [3.05, 3.63) is 82.9 Å². The lowest BCUT2D eigenvalue weighted by Crippen LogP contribution is -2.38. The molecule has 0 fully saturated rings. The fourth-order valence-electron chi connectivity index (χ4n) is 3.43. The number of hydrogen-bond acceptors (Lipinski definition) is 6. The molecule has 1 N–H and O–H groups in total. The largest absolute Gasteiger partial charge is 0.484 e. The van der Waals surface area contributed by atoms with Crippen LogP contribution in [0, 0.1) is 0 Å². The van der Waals surface area contributed by atoms with Crippen molar-refractivity contribution in [2.75, 3.05) is 30.5 Å². The molecule has 0 unspecified atom stereocenters. The lowest BCUT2D eigenvalue weighted by atomic mass is 10.1. The Morgan fingerprint density at radius 2 is 1.88 bits per heavy atom. The number of nitrogens with zero attached hydrogens (tertiary/aromatic N) is 1. The molecule has 0 saturated heterocycles. The molecular weight excluding hydrogens is 460 g/mol. The van der Waals surface area contributed by atoms with Gasteiger partial charge in [0.15, 0.2) is 13.2 Å². The van der Waals surface area contributed by atoms with Gasteiger partial charge in [-0.1, -0.05) is 23.7 Å². The second kappa shape index (κ2) is 10.3. The van der Waals surface area contributed by atoms with Gasteiger partial charge in [0.2, 0.25) is 0 Å². The summed E-state index contributed by atoms with van der Waals surface area (Å²) >= 11 is 5.85. The molecule has 174 valence electrons. The van der Waals surface area contributed by atoms with Gasteiger partial charge in [-0.25, -0.2) is 4.79 Å². The number of esters is 1. The lowest BCUT2D eigenvalue weighted by Gasteiger charge is -2.30. The summed E-state index contributed by atoms with van der Waals surface area (Å²) in [6.45, 7) is -0.0837. The van der Waals surface area contributed by atoms with Crippen LogP contribution >= 0.6 is 11.6 Å².